The first-order valence-corrected chi connectivity index (χ1v) is 6.95. The first kappa shape index (κ1) is 14.2. The molecule has 2 atom stereocenters. The number of nitrogen functional groups attached to an aromatic ring is 1. The summed E-state index contributed by atoms with van der Waals surface area (Å²) in [5.41, 5.74) is 7.90. The molecule has 0 saturated carbocycles. The van der Waals surface area contributed by atoms with Gasteiger partial charge in [0.2, 0.25) is 0 Å². The van der Waals surface area contributed by atoms with Gasteiger partial charge in [0, 0.05) is 36.7 Å². The van der Waals surface area contributed by atoms with E-state index in [0.717, 1.165) is 43.9 Å². The fourth-order valence-electron chi connectivity index (χ4n) is 2.43. The lowest BCUT2D eigenvalue weighted by molar-refractivity contribution is -0.0391. The van der Waals surface area contributed by atoms with E-state index in [4.69, 9.17) is 10.5 Å². The number of nitrogens with zero attached hydrogens (tertiary/aromatic N) is 2. The minimum Gasteiger partial charge on any atom is -0.398 e. The van der Waals surface area contributed by atoms with E-state index in [1.807, 2.05) is 12.3 Å². The summed E-state index contributed by atoms with van der Waals surface area (Å²) >= 11 is 0. The molecule has 19 heavy (non-hydrogen) atoms. The van der Waals surface area contributed by atoms with Gasteiger partial charge in [-0.1, -0.05) is 6.92 Å². The Bertz CT molecular complexity index is 399. The number of rotatable bonds is 5. The minimum atomic E-state index is 0.108. The summed E-state index contributed by atoms with van der Waals surface area (Å²) < 4.78 is 5.93. The van der Waals surface area contributed by atoms with E-state index in [0.29, 0.717) is 0 Å². The van der Waals surface area contributed by atoms with Crippen molar-refractivity contribution in [2.45, 2.75) is 25.5 Å². The van der Waals surface area contributed by atoms with Crippen molar-refractivity contribution in [3.05, 3.63) is 24.0 Å². The molecule has 0 spiro atoms. The van der Waals surface area contributed by atoms with Crippen molar-refractivity contribution in [2.24, 2.45) is 0 Å². The lowest BCUT2D eigenvalue weighted by atomic mass is 10.00. The second kappa shape index (κ2) is 6.84. The van der Waals surface area contributed by atoms with Crippen molar-refractivity contribution in [3.8, 4) is 0 Å². The Balaban J connectivity index is 2.17. The molecule has 2 rings (SSSR count). The normalized spacial score (nSPS) is 22.3. The van der Waals surface area contributed by atoms with Gasteiger partial charge >= 0.3 is 0 Å². The van der Waals surface area contributed by atoms with Crippen LogP contribution in [0.4, 0.5) is 5.69 Å². The fourth-order valence-corrected chi connectivity index (χ4v) is 2.43. The van der Waals surface area contributed by atoms with Crippen molar-refractivity contribution < 1.29 is 4.74 Å². The van der Waals surface area contributed by atoms with Crippen molar-refractivity contribution in [1.82, 2.24) is 15.2 Å². The van der Waals surface area contributed by atoms with Crippen LogP contribution < -0.4 is 11.1 Å². The number of hydrogen-bond donors (Lipinski definition) is 2. The first-order chi connectivity index (χ1) is 9.22. The van der Waals surface area contributed by atoms with Crippen LogP contribution in [0, 0.1) is 0 Å². The molecule has 1 fully saturated rings. The van der Waals surface area contributed by atoms with Gasteiger partial charge in [-0.15, -0.1) is 0 Å². The molecule has 0 aromatic carbocycles. The zero-order valence-corrected chi connectivity index (χ0v) is 11.8. The molecule has 1 aliphatic rings. The summed E-state index contributed by atoms with van der Waals surface area (Å²) in [7, 11) is 2.12. The minimum absolute atomic E-state index is 0.108. The lowest BCUT2D eigenvalue weighted by Gasteiger charge is -2.36. The van der Waals surface area contributed by atoms with Crippen LogP contribution in [0.3, 0.4) is 0 Å². The summed E-state index contributed by atoms with van der Waals surface area (Å²) in [6.45, 7) is 5.77. The standard InChI is InChI=1S/C14H24N4O/c1-3-5-17-14(11-9-16-6-4-12(11)15)13-10-18(2)7-8-19-13/h4,6,9,13-14,17H,3,5,7-8,10H2,1-2H3,(H2,15,16). The van der Waals surface area contributed by atoms with Crippen LogP contribution in [0.5, 0.6) is 0 Å². The Morgan fingerprint density at radius 3 is 3.16 bits per heavy atom. The van der Waals surface area contributed by atoms with Gasteiger partial charge in [0.15, 0.2) is 0 Å². The third-order valence-electron chi connectivity index (χ3n) is 3.50. The highest BCUT2D eigenvalue weighted by atomic mass is 16.5. The fraction of sp³-hybridized carbons (Fsp3) is 0.643. The van der Waals surface area contributed by atoms with E-state index in [-0.39, 0.29) is 12.1 Å². The van der Waals surface area contributed by atoms with E-state index < -0.39 is 0 Å². The van der Waals surface area contributed by atoms with Gasteiger partial charge in [0.25, 0.3) is 0 Å². The zero-order valence-electron chi connectivity index (χ0n) is 11.8. The van der Waals surface area contributed by atoms with Crippen LogP contribution >= 0.6 is 0 Å². The van der Waals surface area contributed by atoms with Crippen LogP contribution in [0.1, 0.15) is 24.9 Å². The summed E-state index contributed by atoms with van der Waals surface area (Å²) in [6.07, 6.45) is 4.78. The lowest BCUT2D eigenvalue weighted by Crippen LogP contribution is -2.47. The number of ether oxygens (including phenoxy) is 1. The van der Waals surface area contributed by atoms with Crippen molar-refractivity contribution >= 4 is 5.69 Å². The van der Waals surface area contributed by atoms with Crippen LogP contribution in [0.2, 0.25) is 0 Å². The smallest absolute Gasteiger partial charge is 0.0898 e. The SMILES string of the molecule is CCCNC(c1cnccc1N)C1CN(C)CCO1. The Morgan fingerprint density at radius 1 is 1.63 bits per heavy atom. The first-order valence-electron chi connectivity index (χ1n) is 6.95. The maximum absolute atomic E-state index is 6.09. The summed E-state index contributed by atoms with van der Waals surface area (Å²) in [6, 6.07) is 1.96. The molecule has 2 unspecified atom stereocenters. The van der Waals surface area contributed by atoms with Crippen LogP contribution in [0.25, 0.3) is 0 Å². The van der Waals surface area contributed by atoms with Crippen molar-refractivity contribution in [2.75, 3.05) is 39.0 Å². The van der Waals surface area contributed by atoms with Crippen LogP contribution in [-0.2, 0) is 4.74 Å². The van der Waals surface area contributed by atoms with E-state index in [2.05, 4.69) is 29.2 Å². The molecule has 0 bridgehead atoms. The van der Waals surface area contributed by atoms with E-state index in [1.54, 1.807) is 6.20 Å². The molecule has 0 radical (unpaired) electrons. The molecule has 5 nitrogen and oxygen atoms in total. The molecule has 1 saturated heterocycles. The van der Waals surface area contributed by atoms with Gasteiger partial charge in [-0.25, -0.2) is 0 Å². The molecular formula is C14H24N4O. The highest BCUT2D eigenvalue weighted by Crippen LogP contribution is 2.25. The highest BCUT2D eigenvalue weighted by Gasteiger charge is 2.28. The molecule has 2 heterocycles. The number of anilines is 1. The Kier molecular flexibility index (Phi) is 5.13. The molecule has 3 N–H and O–H groups in total. The average molecular weight is 264 g/mol. The third-order valence-corrected chi connectivity index (χ3v) is 3.50. The van der Waals surface area contributed by atoms with Crippen molar-refractivity contribution in [3.63, 3.8) is 0 Å². The van der Waals surface area contributed by atoms with Crippen LogP contribution in [-0.4, -0.2) is 49.3 Å². The molecule has 0 amide bonds. The Labute approximate surface area is 115 Å². The third kappa shape index (κ3) is 3.65. The Hall–Kier alpha value is -1.17. The molecule has 106 valence electrons. The van der Waals surface area contributed by atoms with E-state index in [1.165, 1.54) is 0 Å². The van der Waals surface area contributed by atoms with E-state index >= 15 is 0 Å². The zero-order chi connectivity index (χ0) is 13.7. The van der Waals surface area contributed by atoms with Gasteiger partial charge in [0.05, 0.1) is 18.8 Å². The molecule has 0 aliphatic carbocycles. The van der Waals surface area contributed by atoms with Gasteiger partial charge in [-0.3, -0.25) is 4.98 Å². The highest BCUT2D eigenvalue weighted by molar-refractivity contribution is 5.46. The maximum Gasteiger partial charge on any atom is 0.0898 e. The summed E-state index contributed by atoms with van der Waals surface area (Å²) in [4.78, 5) is 6.49. The number of nitrogens with two attached hydrogens (primary N) is 1. The van der Waals surface area contributed by atoms with E-state index in [9.17, 15) is 0 Å². The van der Waals surface area contributed by atoms with Gasteiger partial charge in [-0.05, 0) is 26.1 Å². The molecular weight excluding hydrogens is 240 g/mol. The van der Waals surface area contributed by atoms with Gasteiger partial charge < -0.3 is 20.7 Å². The second-order valence-corrected chi connectivity index (χ2v) is 5.11. The second-order valence-electron chi connectivity index (χ2n) is 5.11. The number of nitrogens with one attached hydrogen (secondary N) is 1. The van der Waals surface area contributed by atoms with Crippen molar-refractivity contribution in [1.29, 1.82) is 0 Å². The number of aromatic nitrogens is 1. The number of hydrogen-bond acceptors (Lipinski definition) is 5. The number of likely N-dealkylation sites (N-methyl/N-ethyl adjacent to an activating group) is 1. The Morgan fingerprint density at radius 2 is 2.47 bits per heavy atom. The maximum atomic E-state index is 6.09. The monoisotopic (exact) mass is 264 g/mol. The quantitative estimate of drug-likeness (QED) is 0.832. The number of morpholine rings is 1. The topological polar surface area (TPSA) is 63.4 Å². The average Bonchev–Trinajstić information content (AvgIpc) is 2.41. The molecule has 5 heteroatoms. The summed E-state index contributed by atoms with van der Waals surface area (Å²) in [5, 5.41) is 3.55. The largest absolute Gasteiger partial charge is 0.398 e. The summed E-state index contributed by atoms with van der Waals surface area (Å²) in [5.74, 6) is 0. The predicted octanol–water partition coefficient (Wildman–Crippen LogP) is 1.04. The molecule has 1 aromatic heterocycles. The number of pyridine rings is 1. The van der Waals surface area contributed by atoms with Gasteiger partial charge in [0.1, 0.15) is 0 Å². The van der Waals surface area contributed by atoms with Crippen LogP contribution in [0.15, 0.2) is 18.5 Å². The predicted molar refractivity (Wildman–Crippen MR) is 76.9 cm³/mol. The molecule has 1 aromatic rings. The van der Waals surface area contributed by atoms with Gasteiger partial charge in [-0.2, -0.15) is 0 Å². The molecule has 1 aliphatic heterocycles.